The molecule has 1 saturated heterocycles. The number of carbonyl (C=O) groups is 3. The first-order valence-electron chi connectivity index (χ1n) is 11.7. The molecule has 2 N–H and O–H groups in total. The maximum atomic E-state index is 12.9. The van der Waals surface area contributed by atoms with Crippen molar-refractivity contribution in [3.8, 4) is 0 Å². The highest BCUT2D eigenvalue weighted by Gasteiger charge is 2.27. The van der Waals surface area contributed by atoms with E-state index in [1.165, 1.54) is 0 Å². The van der Waals surface area contributed by atoms with E-state index >= 15 is 0 Å². The first-order valence-corrected chi connectivity index (χ1v) is 11.7. The van der Waals surface area contributed by atoms with Gasteiger partial charge in [-0.2, -0.15) is 0 Å². The number of nitrogens with one attached hydrogen (secondary N) is 1. The number of carbonyl (C=O) groups excluding carboxylic acids is 2. The number of rotatable bonds is 8. The molecule has 1 atom stereocenters. The number of ketones is 1. The average Bonchev–Trinajstić information content (AvgIpc) is 2.89. The fraction of sp³-hybridized carbons (Fsp3) is 0.296. The van der Waals surface area contributed by atoms with Crippen molar-refractivity contribution in [1.29, 1.82) is 0 Å². The summed E-state index contributed by atoms with van der Waals surface area (Å²) in [5.74, 6) is -0.917. The highest BCUT2D eigenvalue weighted by atomic mass is 16.4. The highest BCUT2D eigenvalue weighted by molar-refractivity contribution is 5.99. The zero-order valence-electron chi connectivity index (χ0n) is 19.6. The number of Topliss-reactive ketones (excluding diaryl/α,β-unsaturated/α-hetero) is 1. The van der Waals surface area contributed by atoms with E-state index in [9.17, 15) is 19.5 Å². The third-order valence-electron chi connectivity index (χ3n) is 6.37. The summed E-state index contributed by atoms with van der Waals surface area (Å²) in [7, 11) is 0. The fourth-order valence-electron chi connectivity index (χ4n) is 4.34. The summed E-state index contributed by atoms with van der Waals surface area (Å²) >= 11 is 0. The molecule has 3 aromatic rings. The van der Waals surface area contributed by atoms with Gasteiger partial charge in [0, 0.05) is 31.0 Å². The Balaban J connectivity index is 1.34. The average molecular weight is 473 g/mol. The van der Waals surface area contributed by atoms with Gasteiger partial charge in [-0.05, 0) is 43.0 Å². The van der Waals surface area contributed by atoms with Crippen molar-refractivity contribution in [1.82, 2.24) is 15.5 Å². The van der Waals surface area contributed by atoms with Crippen molar-refractivity contribution >= 4 is 23.5 Å². The molecule has 0 saturated carbocycles. The van der Waals surface area contributed by atoms with Crippen molar-refractivity contribution < 1.29 is 19.5 Å². The standard InChI is InChI=1S/C27H28N4O4/c1-18-7-5-6-10-21(18)25(32)20-13-15-31(16-14-20)24-12-11-22(29-30-24)26(33)28-23(27(34)35)17-19-8-3-2-4-9-19/h2-12,20,23H,13-17H2,1H3,(H,28,33)(H,34,35). The van der Waals surface area contributed by atoms with E-state index in [1.54, 1.807) is 12.1 Å². The van der Waals surface area contributed by atoms with Crippen LogP contribution in [0.5, 0.6) is 0 Å². The van der Waals surface area contributed by atoms with Crippen LogP contribution >= 0.6 is 0 Å². The van der Waals surface area contributed by atoms with Crippen molar-refractivity contribution in [3.05, 3.63) is 89.1 Å². The van der Waals surface area contributed by atoms with Gasteiger partial charge in [0.2, 0.25) is 0 Å². The van der Waals surface area contributed by atoms with Gasteiger partial charge in [-0.15, -0.1) is 10.2 Å². The van der Waals surface area contributed by atoms with Crippen LogP contribution in [0.4, 0.5) is 5.82 Å². The number of anilines is 1. The summed E-state index contributed by atoms with van der Waals surface area (Å²) in [6.07, 6.45) is 1.61. The molecule has 8 nitrogen and oxygen atoms in total. The Bertz CT molecular complexity index is 1190. The second-order valence-corrected chi connectivity index (χ2v) is 8.77. The minimum atomic E-state index is -1.12. The monoisotopic (exact) mass is 472 g/mol. The van der Waals surface area contributed by atoms with E-state index in [1.807, 2.05) is 66.4 Å². The molecule has 35 heavy (non-hydrogen) atoms. The van der Waals surface area contributed by atoms with E-state index in [-0.39, 0.29) is 23.8 Å². The molecule has 1 amide bonds. The molecule has 1 unspecified atom stereocenters. The number of benzene rings is 2. The molecular weight excluding hydrogens is 444 g/mol. The third kappa shape index (κ3) is 5.90. The van der Waals surface area contributed by atoms with Crippen LogP contribution in [0.3, 0.4) is 0 Å². The van der Waals surface area contributed by atoms with E-state index < -0.39 is 17.9 Å². The lowest BCUT2D eigenvalue weighted by atomic mass is 9.87. The quantitative estimate of drug-likeness (QED) is 0.484. The van der Waals surface area contributed by atoms with E-state index in [2.05, 4.69) is 15.5 Å². The van der Waals surface area contributed by atoms with Crippen LogP contribution in [0.1, 0.15) is 44.8 Å². The summed E-state index contributed by atoms with van der Waals surface area (Å²) in [5, 5.41) is 20.2. The van der Waals surface area contributed by atoms with Gasteiger partial charge in [0.15, 0.2) is 17.3 Å². The van der Waals surface area contributed by atoms with Gasteiger partial charge in [0.05, 0.1) is 0 Å². The number of aliphatic carboxylic acids is 1. The number of amides is 1. The summed E-state index contributed by atoms with van der Waals surface area (Å²) < 4.78 is 0. The number of carboxylic acid groups (broad SMARTS) is 1. The molecule has 0 bridgehead atoms. The summed E-state index contributed by atoms with van der Waals surface area (Å²) in [5.41, 5.74) is 2.64. The first-order chi connectivity index (χ1) is 16.9. The lowest BCUT2D eigenvalue weighted by Gasteiger charge is -2.32. The number of hydrogen-bond acceptors (Lipinski definition) is 6. The molecule has 1 aliphatic rings. The van der Waals surface area contributed by atoms with Crippen LogP contribution in [-0.4, -0.2) is 52.1 Å². The number of nitrogens with zero attached hydrogens (tertiary/aromatic N) is 3. The van der Waals surface area contributed by atoms with Gasteiger partial charge in [0.1, 0.15) is 6.04 Å². The van der Waals surface area contributed by atoms with E-state index in [0.29, 0.717) is 18.9 Å². The molecule has 1 aliphatic heterocycles. The van der Waals surface area contributed by atoms with Crippen molar-refractivity contribution in [3.63, 3.8) is 0 Å². The summed E-state index contributed by atoms with van der Waals surface area (Å²) in [6, 6.07) is 19.0. The minimum absolute atomic E-state index is 0.0251. The minimum Gasteiger partial charge on any atom is -0.480 e. The van der Waals surface area contributed by atoms with Gasteiger partial charge in [-0.3, -0.25) is 9.59 Å². The van der Waals surface area contributed by atoms with Crippen molar-refractivity contribution in [2.45, 2.75) is 32.2 Å². The van der Waals surface area contributed by atoms with Crippen LogP contribution in [0, 0.1) is 12.8 Å². The SMILES string of the molecule is Cc1ccccc1C(=O)C1CCN(c2ccc(C(=O)NC(Cc3ccccc3)C(=O)O)nn2)CC1. The Morgan fingerprint density at radius 2 is 1.66 bits per heavy atom. The van der Waals surface area contributed by atoms with Crippen LogP contribution in [0.25, 0.3) is 0 Å². The molecule has 0 radical (unpaired) electrons. The number of hydrogen-bond donors (Lipinski definition) is 2. The van der Waals surface area contributed by atoms with Gasteiger partial charge in [0.25, 0.3) is 5.91 Å². The van der Waals surface area contributed by atoms with E-state index in [0.717, 1.165) is 29.5 Å². The predicted molar refractivity (Wildman–Crippen MR) is 132 cm³/mol. The molecular formula is C27H28N4O4. The highest BCUT2D eigenvalue weighted by Crippen LogP contribution is 2.25. The molecule has 4 rings (SSSR count). The lowest BCUT2D eigenvalue weighted by molar-refractivity contribution is -0.139. The predicted octanol–water partition coefficient (Wildman–Crippen LogP) is 3.31. The fourth-order valence-corrected chi connectivity index (χ4v) is 4.34. The molecule has 1 aromatic heterocycles. The zero-order valence-corrected chi connectivity index (χ0v) is 19.6. The third-order valence-corrected chi connectivity index (χ3v) is 6.37. The number of aromatic nitrogens is 2. The second kappa shape index (κ2) is 10.9. The smallest absolute Gasteiger partial charge is 0.326 e. The topological polar surface area (TPSA) is 112 Å². The number of carboxylic acids is 1. The zero-order chi connectivity index (χ0) is 24.8. The Morgan fingerprint density at radius 3 is 2.29 bits per heavy atom. The molecule has 0 aliphatic carbocycles. The molecule has 0 spiro atoms. The van der Waals surface area contributed by atoms with E-state index in [4.69, 9.17) is 0 Å². The second-order valence-electron chi connectivity index (χ2n) is 8.77. The van der Waals surface area contributed by atoms with Crippen molar-refractivity contribution in [2.24, 2.45) is 5.92 Å². The molecule has 2 heterocycles. The number of aryl methyl sites for hydroxylation is 1. The molecule has 1 fully saturated rings. The van der Waals surface area contributed by atoms with Gasteiger partial charge in [-0.25, -0.2) is 4.79 Å². The normalized spacial score (nSPS) is 14.8. The maximum Gasteiger partial charge on any atom is 0.326 e. The Labute approximate surface area is 204 Å². The van der Waals surface area contributed by atoms with Gasteiger partial charge >= 0.3 is 5.97 Å². The van der Waals surface area contributed by atoms with Gasteiger partial charge in [-0.1, -0.05) is 54.6 Å². The van der Waals surface area contributed by atoms with Crippen LogP contribution < -0.4 is 10.2 Å². The van der Waals surface area contributed by atoms with Crippen LogP contribution in [-0.2, 0) is 11.2 Å². The van der Waals surface area contributed by atoms with Crippen molar-refractivity contribution in [2.75, 3.05) is 18.0 Å². The number of piperidine rings is 1. The maximum absolute atomic E-state index is 12.9. The summed E-state index contributed by atoms with van der Waals surface area (Å²) in [6.45, 7) is 3.29. The molecule has 2 aromatic carbocycles. The molecule has 180 valence electrons. The Kier molecular flexibility index (Phi) is 7.50. The summed E-state index contributed by atoms with van der Waals surface area (Å²) in [4.78, 5) is 39.2. The van der Waals surface area contributed by atoms with Gasteiger partial charge < -0.3 is 15.3 Å². The first kappa shape index (κ1) is 24.1. The Hall–Kier alpha value is -4.07. The lowest BCUT2D eigenvalue weighted by Crippen LogP contribution is -2.42. The molecule has 8 heteroatoms. The van der Waals surface area contributed by atoms with Crippen LogP contribution in [0.2, 0.25) is 0 Å². The largest absolute Gasteiger partial charge is 0.480 e. The van der Waals surface area contributed by atoms with Crippen LogP contribution in [0.15, 0.2) is 66.7 Å². The Morgan fingerprint density at radius 1 is 0.971 bits per heavy atom.